The molecule has 0 radical (unpaired) electrons. The van der Waals surface area contributed by atoms with E-state index in [1.165, 1.54) is 0 Å². The zero-order valence-electron chi connectivity index (χ0n) is 21.0. The van der Waals surface area contributed by atoms with Gasteiger partial charge in [-0.2, -0.15) is 0 Å². The van der Waals surface area contributed by atoms with Gasteiger partial charge in [0.15, 0.2) is 13.1 Å². The zero-order valence-corrected chi connectivity index (χ0v) is 21.0. The molecule has 184 valence electrons. The third kappa shape index (κ3) is 7.99. The van der Waals surface area contributed by atoms with Crippen LogP contribution in [-0.2, 0) is 25.7 Å². The molecule has 0 heterocycles. The second-order valence-electron chi connectivity index (χ2n) is 8.64. The average Bonchev–Trinajstić information content (AvgIpc) is 2.80. The molecule has 0 aliphatic heterocycles. The molecule has 0 aromatic heterocycles. The smallest absolute Gasteiger partial charge is 0.362 e. The molecule has 1 amide bonds. The van der Waals surface area contributed by atoms with E-state index in [1.807, 2.05) is 65.0 Å². The highest BCUT2D eigenvalue weighted by Gasteiger charge is 2.31. The minimum absolute atomic E-state index is 0.123. The number of benzene rings is 2. The van der Waals surface area contributed by atoms with Crippen LogP contribution in [0.1, 0.15) is 50.3 Å². The van der Waals surface area contributed by atoms with Crippen molar-refractivity contribution < 1.29 is 28.3 Å². The van der Waals surface area contributed by atoms with Crippen LogP contribution in [0.15, 0.2) is 42.5 Å². The molecule has 34 heavy (non-hydrogen) atoms. The minimum atomic E-state index is -0.328. The van der Waals surface area contributed by atoms with Crippen molar-refractivity contribution in [2.24, 2.45) is 0 Å². The third-order valence-corrected chi connectivity index (χ3v) is 5.98. The summed E-state index contributed by atoms with van der Waals surface area (Å²) < 4.78 is 11.1. The molecule has 7 nitrogen and oxygen atoms in total. The molecule has 0 saturated heterocycles. The highest BCUT2D eigenvalue weighted by molar-refractivity contribution is 5.93. The summed E-state index contributed by atoms with van der Waals surface area (Å²) in [5.41, 5.74) is 3.23. The first-order chi connectivity index (χ1) is 16.2. The van der Waals surface area contributed by atoms with E-state index >= 15 is 0 Å². The predicted molar refractivity (Wildman–Crippen MR) is 132 cm³/mol. The van der Waals surface area contributed by atoms with Crippen molar-refractivity contribution >= 4 is 23.5 Å². The number of hydrogen-bond acceptors (Lipinski definition) is 5. The van der Waals surface area contributed by atoms with Gasteiger partial charge in [-0.1, -0.05) is 37.3 Å². The third-order valence-electron chi connectivity index (χ3n) is 5.98. The molecular formula is C27H37N2O5+. The number of ether oxygens (including phenoxy) is 2. The van der Waals surface area contributed by atoms with Gasteiger partial charge in [-0.3, -0.25) is 9.59 Å². The van der Waals surface area contributed by atoms with Gasteiger partial charge in [-0.25, -0.2) is 4.79 Å². The summed E-state index contributed by atoms with van der Waals surface area (Å²) >= 11 is 0. The molecule has 2 aromatic carbocycles. The lowest BCUT2D eigenvalue weighted by Crippen LogP contribution is -2.55. The monoisotopic (exact) mass is 469 g/mol. The summed E-state index contributed by atoms with van der Waals surface area (Å²) in [6, 6.07) is 13.0. The molecule has 0 fully saturated rings. The van der Waals surface area contributed by atoms with Gasteiger partial charge < -0.3 is 19.3 Å². The van der Waals surface area contributed by atoms with Crippen molar-refractivity contribution in [3.8, 4) is 5.75 Å². The summed E-state index contributed by atoms with van der Waals surface area (Å²) in [6.45, 7) is 11.3. The van der Waals surface area contributed by atoms with Crippen LogP contribution in [0.2, 0.25) is 0 Å². The highest BCUT2D eigenvalue weighted by atomic mass is 16.5. The first kappa shape index (κ1) is 27.1. The first-order valence-electron chi connectivity index (χ1n) is 11.9. The van der Waals surface area contributed by atoms with Crippen LogP contribution in [0, 0.1) is 13.8 Å². The quantitative estimate of drug-likeness (QED) is 0.280. The molecule has 0 aliphatic carbocycles. The Kier molecular flexibility index (Phi) is 10.3. The van der Waals surface area contributed by atoms with Crippen LogP contribution in [0.5, 0.6) is 5.75 Å². The Morgan fingerprint density at radius 2 is 1.50 bits per heavy atom. The van der Waals surface area contributed by atoms with Crippen molar-refractivity contribution in [1.29, 1.82) is 0 Å². The molecule has 2 aromatic rings. The summed E-state index contributed by atoms with van der Waals surface area (Å²) in [4.78, 5) is 37.4. The van der Waals surface area contributed by atoms with Crippen molar-refractivity contribution in [1.82, 2.24) is 0 Å². The fraction of sp³-hybridized carbons (Fsp3) is 0.444. The number of aryl methyl sites for hydroxylation is 2. The van der Waals surface area contributed by atoms with E-state index in [-0.39, 0.29) is 37.5 Å². The largest absolute Gasteiger partial charge is 0.457 e. The molecule has 7 heteroatoms. The van der Waals surface area contributed by atoms with Gasteiger partial charge in [0.05, 0.1) is 13.1 Å². The Hall–Kier alpha value is -3.19. The van der Waals surface area contributed by atoms with Crippen LogP contribution in [0.3, 0.4) is 0 Å². The number of rotatable bonds is 12. The molecule has 0 atom stereocenters. The maximum absolute atomic E-state index is 13.0. The van der Waals surface area contributed by atoms with Crippen LogP contribution in [-0.4, -0.2) is 48.5 Å². The van der Waals surface area contributed by atoms with Crippen molar-refractivity contribution in [2.45, 2.75) is 54.1 Å². The molecule has 0 bridgehead atoms. The van der Waals surface area contributed by atoms with Gasteiger partial charge in [0.1, 0.15) is 12.4 Å². The zero-order chi connectivity index (χ0) is 25.1. The van der Waals surface area contributed by atoms with Gasteiger partial charge in [-0.15, -0.1) is 0 Å². The van der Waals surface area contributed by atoms with Gasteiger partial charge in [-0.05, 0) is 62.9 Å². The van der Waals surface area contributed by atoms with E-state index in [2.05, 4.69) is 5.32 Å². The molecule has 1 N–H and O–H groups in total. The van der Waals surface area contributed by atoms with Gasteiger partial charge in [0.25, 0.3) is 5.91 Å². The Balaban J connectivity index is 2.03. The first-order valence-corrected chi connectivity index (χ1v) is 11.9. The molecular weight excluding hydrogens is 432 g/mol. The standard InChI is InChI=1S/C27H36N2O5/c1-6-12-25(31)34-23-15-20(4)27(21(5)16-23)28-24(30)17-29(7-2,8-3)18-26(32)33-19-22-13-10-9-11-14-22/h9-11,13-16H,6-8,12,17-19H2,1-5H3/p+1. The second kappa shape index (κ2) is 12.9. The Bertz CT molecular complexity index is 961. The number of hydrogen-bond donors (Lipinski definition) is 1. The molecule has 0 spiro atoms. The van der Waals surface area contributed by atoms with Crippen LogP contribution < -0.4 is 10.1 Å². The summed E-state index contributed by atoms with van der Waals surface area (Å²) in [5, 5.41) is 2.99. The summed E-state index contributed by atoms with van der Waals surface area (Å²) in [6.07, 6.45) is 1.08. The van der Waals surface area contributed by atoms with Gasteiger partial charge >= 0.3 is 11.9 Å². The molecule has 2 rings (SSSR count). The van der Waals surface area contributed by atoms with Crippen molar-refractivity contribution in [3.63, 3.8) is 0 Å². The maximum atomic E-state index is 13.0. The van der Waals surface area contributed by atoms with Crippen molar-refractivity contribution in [3.05, 3.63) is 59.2 Å². The maximum Gasteiger partial charge on any atom is 0.362 e. The highest BCUT2D eigenvalue weighted by Crippen LogP contribution is 2.27. The Morgan fingerprint density at radius 3 is 2.06 bits per heavy atom. The molecule has 0 aliphatic rings. The number of likely N-dealkylation sites (N-methyl/N-ethyl adjacent to an activating group) is 1. The lowest BCUT2D eigenvalue weighted by atomic mass is 10.1. The van der Waals surface area contributed by atoms with E-state index in [0.717, 1.165) is 23.1 Å². The minimum Gasteiger partial charge on any atom is -0.457 e. The predicted octanol–water partition coefficient (Wildman–Crippen LogP) is 4.55. The van der Waals surface area contributed by atoms with E-state index in [1.54, 1.807) is 12.1 Å². The SMILES string of the molecule is CCCC(=O)Oc1cc(C)c(NC(=O)C[N+](CC)(CC)CC(=O)OCc2ccccc2)c(C)c1. The molecule has 0 saturated carbocycles. The number of quaternary nitrogens is 1. The lowest BCUT2D eigenvalue weighted by molar-refractivity contribution is -0.910. The van der Waals surface area contributed by atoms with Crippen LogP contribution >= 0.6 is 0 Å². The topological polar surface area (TPSA) is 81.7 Å². The molecule has 0 unspecified atom stereocenters. The number of esters is 2. The van der Waals surface area contributed by atoms with E-state index < -0.39 is 0 Å². The van der Waals surface area contributed by atoms with E-state index in [4.69, 9.17) is 9.47 Å². The Morgan fingerprint density at radius 1 is 0.882 bits per heavy atom. The lowest BCUT2D eigenvalue weighted by Gasteiger charge is -2.35. The van der Waals surface area contributed by atoms with E-state index in [9.17, 15) is 14.4 Å². The summed E-state index contributed by atoms with van der Waals surface area (Å²) in [5.74, 6) is -0.308. The second-order valence-corrected chi connectivity index (χ2v) is 8.64. The number of carbonyl (C=O) groups is 3. The number of amides is 1. The number of nitrogens with zero attached hydrogens (tertiary/aromatic N) is 1. The summed E-state index contributed by atoms with van der Waals surface area (Å²) in [7, 11) is 0. The number of anilines is 1. The fourth-order valence-corrected chi connectivity index (χ4v) is 3.83. The van der Waals surface area contributed by atoms with Crippen LogP contribution in [0.25, 0.3) is 0 Å². The normalized spacial score (nSPS) is 11.1. The Labute approximate surface area is 202 Å². The van der Waals surface area contributed by atoms with E-state index in [0.29, 0.717) is 35.4 Å². The van der Waals surface area contributed by atoms with Crippen molar-refractivity contribution in [2.75, 3.05) is 31.5 Å². The van der Waals surface area contributed by atoms with Crippen LogP contribution in [0.4, 0.5) is 5.69 Å². The fourth-order valence-electron chi connectivity index (χ4n) is 3.83. The van der Waals surface area contributed by atoms with Gasteiger partial charge in [0, 0.05) is 12.1 Å². The average molecular weight is 470 g/mol. The number of carbonyl (C=O) groups excluding carboxylic acids is 3. The number of nitrogens with one attached hydrogen (secondary N) is 1. The van der Waals surface area contributed by atoms with Gasteiger partial charge in [0.2, 0.25) is 0 Å².